The molecule has 0 aliphatic heterocycles. The summed E-state index contributed by atoms with van der Waals surface area (Å²) in [6, 6.07) is 3.82. The molecule has 0 atom stereocenters. The lowest BCUT2D eigenvalue weighted by molar-refractivity contribution is -0.114. The van der Waals surface area contributed by atoms with Gasteiger partial charge in [-0.05, 0) is 18.2 Å². The Bertz CT molecular complexity index is 691. The van der Waals surface area contributed by atoms with Gasteiger partial charge < -0.3 is 10.6 Å². The highest BCUT2D eigenvalue weighted by Crippen LogP contribution is 2.20. The third-order valence-corrected chi connectivity index (χ3v) is 2.58. The van der Waals surface area contributed by atoms with Crippen LogP contribution >= 0.6 is 11.6 Å². The second-order valence-corrected chi connectivity index (χ2v) is 4.44. The van der Waals surface area contributed by atoms with Crippen molar-refractivity contribution in [1.82, 2.24) is 9.97 Å². The number of halogens is 2. The van der Waals surface area contributed by atoms with Crippen LogP contribution in [-0.4, -0.2) is 21.8 Å². The van der Waals surface area contributed by atoms with Gasteiger partial charge in [0.25, 0.3) is 5.91 Å². The van der Waals surface area contributed by atoms with Crippen molar-refractivity contribution < 1.29 is 14.0 Å². The molecule has 0 saturated heterocycles. The van der Waals surface area contributed by atoms with E-state index in [1.54, 1.807) is 0 Å². The van der Waals surface area contributed by atoms with Gasteiger partial charge in [-0.15, -0.1) is 0 Å². The third kappa shape index (κ3) is 3.96. The largest absolute Gasteiger partial charge is 0.326 e. The second kappa shape index (κ2) is 6.27. The van der Waals surface area contributed by atoms with E-state index in [1.165, 1.54) is 31.5 Å². The summed E-state index contributed by atoms with van der Waals surface area (Å²) in [7, 11) is 0. The highest BCUT2D eigenvalue weighted by molar-refractivity contribution is 6.29. The summed E-state index contributed by atoms with van der Waals surface area (Å²) in [6.45, 7) is 1.32. The number of carbonyl (C=O) groups is 2. The third-order valence-electron chi connectivity index (χ3n) is 2.39. The smallest absolute Gasteiger partial charge is 0.275 e. The molecule has 1 heterocycles. The number of nitrogens with one attached hydrogen (secondary N) is 2. The number of nitrogens with zero attached hydrogens (tertiary/aromatic N) is 2. The number of hydrogen-bond donors (Lipinski definition) is 2. The molecule has 0 fully saturated rings. The van der Waals surface area contributed by atoms with Gasteiger partial charge in [0.15, 0.2) is 0 Å². The molecular weight excluding hydrogens is 299 g/mol. The van der Waals surface area contributed by atoms with Crippen LogP contribution in [0.25, 0.3) is 0 Å². The van der Waals surface area contributed by atoms with Crippen LogP contribution in [0.4, 0.5) is 15.8 Å². The fraction of sp³-hybridized carbons (Fsp3) is 0.0769. The van der Waals surface area contributed by atoms with E-state index in [4.69, 9.17) is 11.6 Å². The minimum atomic E-state index is -0.641. The zero-order valence-corrected chi connectivity index (χ0v) is 11.6. The molecule has 0 spiro atoms. The van der Waals surface area contributed by atoms with Gasteiger partial charge in [0.05, 0.1) is 18.1 Å². The van der Waals surface area contributed by atoms with Gasteiger partial charge in [-0.2, -0.15) is 0 Å². The number of hydrogen-bond acceptors (Lipinski definition) is 4. The van der Waals surface area contributed by atoms with Gasteiger partial charge in [-0.25, -0.2) is 14.4 Å². The molecule has 6 nitrogen and oxygen atoms in total. The Kier molecular flexibility index (Phi) is 4.44. The van der Waals surface area contributed by atoms with Crippen LogP contribution in [0.1, 0.15) is 17.4 Å². The monoisotopic (exact) mass is 308 g/mol. The summed E-state index contributed by atoms with van der Waals surface area (Å²) in [5.74, 6) is -1.58. The number of anilines is 2. The van der Waals surface area contributed by atoms with E-state index in [1.807, 2.05) is 0 Å². The van der Waals surface area contributed by atoms with Crippen molar-refractivity contribution >= 4 is 34.8 Å². The van der Waals surface area contributed by atoms with E-state index < -0.39 is 11.7 Å². The van der Waals surface area contributed by atoms with Gasteiger partial charge in [0.2, 0.25) is 5.91 Å². The SMILES string of the molecule is CC(=O)Nc1ccc(F)c(NC(=O)c2cnc(Cl)cn2)c1. The molecular formula is C13H10ClFN4O2. The molecule has 0 radical (unpaired) electrons. The first-order chi connectivity index (χ1) is 9.95. The molecule has 0 saturated carbocycles. The summed E-state index contributed by atoms with van der Waals surface area (Å²) in [4.78, 5) is 30.4. The van der Waals surface area contributed by atoms with Crippen molar-refractivity contribution in [2.45, 2.75) is 6.92 Å². The van der Waals surface area contributed by atoms with Crippen LogP contribution in [0.3, 0.4) is 0 Å². The van der Waals surface area contributed by atoms with Crippen LogP contribution in [0, 0.1) is 5.82 Å². The van der Waals surface area contributed by atoms with E-state index in [-0.39, 0.29) is 22.4 Å². The van der Waals surface area contributed by atoms with Crippen LogP contribution in [-0.2, 0) is 4.79 Å². The Hall–Kier alpha value is -2.54. The zero-order chi connectivity index (χ0) is 15.4. The summed E-state index contributed by atoms with van der Waals surface area (Å²) in [5.41, 5.74) is 0.271. The molecule has 0 unspecified atom stereocenters. The van der Waals surface area contributed by atoms with Crippen LogP contribution < -0.4 is 10.6 Å². The van der Waals surface area contributed by atoms with Gasteiger partial charge >= 0.3 is 0 Å². The summed E-state index contributed by atoms with van der Waals surface area (Å²) in [5, 5.41) is 4.98. The maximum atomic E-state index is 13.7. The Morgan fingerprint density at radius 3 is 2.57 bits per heavy atom. The van der Waals surface area contributed by atoms with Crippen molar-refractivity contribution in [3.05, 3.63) is 47.3 Å². The van der Waals surface area contributed by atoms with Crippen molar-refractivity contribution in [2.24, 2.45) is 0 Å². The maximum absolute atomic E-state index is 13.7. The summed E-state index contributed by atoms with van der Waals surface area (Å²) >= 11 is 5.57. The molecule has 21 heavy (non-hydrogen) atoms. The van der Waals surface area contributed by atoms with E-state index >= 15 is 0 Å². The number of rotatable bonds is 3. The molecule has 1 aromatic heterocycles. The first kappa shape index (κ1) is 14.9. The van der Waals surface area contributed by atoms with E-state index in [9.17, 15) is 14.0 Å². The molecule has 1 aromatic carbocycles. The molecule has 8 heteroatoms. The van der Waals surface area contributed by atoms with Gasteiger partial charge in [0.1, 0.15) is 16.7 Å². The highest BCUT2D eigenvalue weighted by Gasteiger charge is 2.12. The van der Waals surface area contributed by atoms with Crippen LogP contribution in [0.15, 0.2) is 30.6 Å². The minimum Gasteiger partial charge on any atom is -0.326 e. The van der Waals surface area contributed by atoms with E-state index in [2.05, 4.69) is 20.6 Å². The van der Waals surface area contributed by atoms with Gasteiger partial charge in [-0.3, -0.25) is 9.59 Å². The summed E-state index contributed by atoms with van der Waals surface area (Å²) in [6.07, 6.45) is 2.38. The number of amides is 2. The van der Waals surface area contributed by atoms with Crippen LogP contribution in [0.5, 0.6) is 0 Å². The zero-order valence-electron chi connectivity index (χ0n) is 10.9. The molecule has 2 rings (SSSR count). The first-order valence-corrected chi connectivity index (χ1v) is 6.19. The molecule has 2 aromatic rings. The summed E-state index contributed by atoms with van der Waals surface area (Å²) < 4.78 is 13.7. The number of carbonyl (C=O) groups excluding carboxylic acids is 2. The number of benzene rings is 1. The van der Waals surface area contributed by atoms with Gasteiger partial charge in [-0.1, -0.05) is 11.6 Å². The standard InChI is InChI=1S/C13H10ClFN4O2/c1-7(20)18-8-2-3-9(15)10(4-8)19-13(21)11-5-17-12(14)6-16-11/h2-6H,1H3,(H,18,20)(H,19,21). The van der Waals surface area contributed by atoms with Crippen molar-refractivity contribution in [3.63, 3.8) is 0 Å². The maximum Gasteiger partial charge on any atom is 0.275 e. The molecule has 2 amide bonds. The lowest BCUT2D eigenvalue weighted by Gasteiger charge is -2.08. The Morgan fingerprint density at radius 2 is 1.95 bits per heavy atom. The fourth-order valence-electron chi connectivity index (χ4n) is 1.52. The topological polar surface area (TPSA) is 84.0 Å². The van der Waals surface area contributed by atoms with E-state index in [0.717, 1.165) is 6.07 Å². The first-order valence-electron chi connectivity index (χ1n) is 5.82. The lowest BCUT2D eigenvalue weighted by Crippen LogP contribution is -2.15. The van der Waals surface area contributed by atoms with Crippen molar-refractivity contribution in [1.29, 1.82) is 0 Å². The average molecular weight is 309 g/mol. The van der Waals surface area contributed by atoms with Gasteiger partial charge in [0, 0.05) is 12.6 Å². The fourth-order valence-corrected chi connectivity index (χ4v) is 1.62. The minimum absolute atomic E-state index is 0.0104. The average Bonchev–Trinajstić information content (AvgIpc) is 2.42. The van der Waals surface area contributed by atoms with Crippen molar-refractivity contribution in [2.75, 3.05) is 10.6 Å². The predicted octanol–water partition coefficient (Wildman–Crippen LogP) is 2.48. The molecule has 0 aliphatic rings. The molecule has 108 valence electrons. The Labute approximate surface area is 124 Å². The highest BCUT2D eigenvalue weighted by atomic mass is 35.5. The Balaban J connectivity index is 2.20. The van der Waals surface area contributed by atoms with E-state index in [0.29, 0.717) is 5.69 Å². The number of aromatic nitrogens is 2. The predicted molar refractivity (Wildman–Crippen MR) is 75.7 cm³/mol. The van der Waals surface area contributed by atoms with Crippen molar-refractivity contribution in [3.8, 4) is 0 Å². The molecule has 0 aliphatic carbocycles. The van der Waals surface area contributed by atoms with Crippen LogP contribution in [0.2, 0.25) is 5.15 Å². The lowest BCUT2D eigenvalue weighted by atomic mass is 10.2. The second-order valence-electron chi connectivity index (χ2n) is 4.05. The molecule has 0 bridgehead atoms. The molecule has 2 N–H and O–H groups in total. The Morgan fingerprint density at radius 1 is 1.19 bits per heavy atom. The normalized spacial score (nSPS) is 10.0. The quantitative estimate of drug-likeness (QED) is 0.912.